The summed E-state index contributed by atoms with van der Waals surface area (Å²) in [7, 11) is 0. The third kappa shape index (κ3) is 8.47. The fraction of sp³-hybridized carbons (Fsp3) is 0.357. The molecular weight excluding hydrogens is 584 g/mol. The predicted molar refractivity (Wildman–Crippen MR) is 153 cm³/mol. The van der Waals surface area contributed by atoms with Gasteiger partial charge in [0.15, 0.2) is 11.2 Å². The van der Waals surface area contributed by atoms with Gasteiger partial charge in [-0.25, -0.2) is 14.6 Å². The number of hydrogen-bond acceptors (Lipinski definition) is 12. The van der Waals surface area contributed by atoms with Crippen molar-refractivity contribution in [2.24, 2.45) is 0 Å². The minimum absolute atomic E-state index is 0.0238. The van der Waals surface area contributed by atoms with Crippen molar-refractivity contribution in [1.29, 1.82) is 0 Å². The summed E-state index contributed by atoms with van der Waals surface area (Å²) in [6.07, 6.45) is -11.5. The Bertz CT molecular complexity index is 1390. The van der Waals surface area contributed by atoms with Crippen LogP contribution < -0.4 is 11.1 Å². The molecule has 0 aliphatic carbocycles. The number of amides is 2. The molecule has 6 atom stereocenters. The Balaban J connectivity index is 1.41. The second-order valence-electron chi connectivity index (χ2n) is 9.84. The fourth-order valence-electron chi connectivity index (χ4n) is 4.36. The Morgan fingerprint density at radius 1 is 1.05 bits per heavy atom. The number of anilines is 2. The molecule has 8 N–H and O–H groups in total. The highest BCUT2D eigenvalue weighted by Crippen LogP contribution is 2.24. The van der Waals surface area contributed by atoms with E-state index < -0.39 is 48.9 Å². The number of rotatable bonds is 11. The number of aliphatic carboxylic acids is 1. The maximum absolute atomic E-state index is 13.2. The first-order valence-electron chi connectivity index (χ1n) is 13.2. The normalized spacial score (nSPS) is 22.4. The molecule has 2 amide bonds. The van der Waals surface area contributed by atoms with Crippen LogP contribution in [0.2, 0.25) is 0 Å². The highest BCUT2D eigenvalue weighted by Gasteiger charge is 2.49. The van der Waals surface area contributed by atoms with Crippen molar-refractivity contribution < 1.29 is 49.4 Å². The third-order valence-corrected chi connectivity index (χ3v) is 7.41. The van der Waals surface area contributed by atoms with Crippen LogP contribution in [0.25, 0.3) is 0 Å². The van der Waals surface area contributed by atoms with E-state index in [9.17, 15) is 39.9 Å². The molecule has 0 radical (unpaired) electrons. The summed E-state index contributed by atoms with van der Waals surface area (Å²) in [5.74, 6) is -1.89. The van der Waals surface area contributed by atoms with Gasteiger partial charge >= 0.3 is 12.1 Å². The second kappa shape index (κ2) is 14.4. The molecule has 43 heavy (non-hydrogen) atoms. The number of carbonyl (C=O) groups is 3. The molecule has 14 nitrogen and oxygen atoms in total. The van der Waals surface area contributed by atoms with E-state index in [1.54, 1.807) is 60.0 Å². The van der Waals surface area contributed by atoms with E-state index in [1.165, 1.54) is 11.3 Å². The number of ether oxygens (including phenoxy) is 2. The van der Waals surface area contributed by atoms with Gasteiger partial charge in [0, 0.05) is 17.6 Å². The molecule has 2 aromatic carbocycles. The first kappa shape index (κ1) is 31.8. The van der Waals surface area contributed by atoms with E-state index >= 15 is 0 Å². The van der Waals surface area contributed by atoms with Crippen molar-refractivity contribution in [3.63, 3.8) is 0 Å². The van der Waals surface area contributed by atoms with Crippen molar-refractivity contribution in [2.75, 3.05) is 24.1 Å². The van der Waals surface area contributed by atoms with Crippen molar-refractivity contribution in [2.45, 2.75) is 49.7 Å². The van der Waals surface area contributed by atoms with Gasteiger partial charge in [-0.2, -0.15) is 0 Å². The highest BCUT2D eigenvalue weighted by atomic mass is 32.1. The van der Waals surface area contributed by atoms with Gasteiger partial charge < -0.3 is 51.0 Å². The fourth-order valence-corrected chi connectivity index (χ4v) is 4.92. The van der Waals surface area contributed by atoms with Crippen LogP contribution in [0.4, 0.5) is 15.6 Å². The molecule has 3 aromatic rings. The Hall–Kier alpha value is -4.12. The lowest BCUT2D eigenvalue weighted by Crippen LogP contribution is -2.61. The Kier molecular flexibility index (Phi) is 10.6. The molecule has 0 bridgehead atoms. The number of nitrogens with one attached hydrogen (secondary N) is 1. The van der Waals surface area contributed by atoms with Crippen LogP contribution in [0, 0.1) is 0 Å². The number of hydrogen-bond donors (Lipinski definition) is 7. The molecular formula is C28H32N4O10S. The van der Waals surface area contributed by atoms with Crippen molar-refractivity contribution >= 4 is 40.1 Å². The van der Waals surface area contributed by atoms with Gasteiger partial charge in [-0.3, -0.25) is 4.79 Å². The SMILES string of the molecule is Nc1nc(CC(=O)Nc2ccc(CCN(CC(O)c3ccccc3)C(=O)OC3OC(C(=O)O)C(O)C(O)C3O)cc2)cs1. The van der Waals surface area contributed by atoms with Crippen LogP contribution in [0.1, 0.15) is 22.9 Å². The number of carboxylic acid groups (broad SMARTS) is 1. The molecule has 0 spiro atoms. The van der Waals surface area contributed by atoms with Crippen LogP contribution >= 0.6 is 11.3 Å². The average molecular weight is 617 g/mol. The molecule has 2 heterocycles. The molecule has 1 aliphatic rings. The van der Waals surface area contributed by atoms with E-state index in [4.69, 9.17) is 15.2 Å². The smallest absolute Gasteiger partial charge is 0.412 e. The molecule has 1 aromatic heterocycles. The Morgan fingerprint density at radius 3 is 2.37 bits per heavy atom. The summed E-state index contributed by atoms with van der Waals surface area (Å²) in [4.78, 5) is 42.1. The van der Waals surface area contributed by atoms with Crippen LogP contribution in [-0.2, 0) is 31.9 Å². The molecule has 1 fully saturated rings. The number of aromatic nitrogens is 1. The molecule has 6 unspecified atom stereocenters. The van der Waals surface area contributed by atoms with E-state index in [0.717, 1.165) is 10.5 Å². The molecule has 1 saturated heterocycles. The van der Waals surface area contributed by atoms with Crippen LogP contribution in [0.15, 0.2) is 60.0 Å². The summed E-state index contributed by atoms with van der Waals surface area (Å²) in [5.41, 5.74) is 8.01. The number of carbonyl (C=O) groups excluding carboxylic acids is 2. The summed E-state index contributed by atoms with van der Waals surface area (Å²) in [5, 5.41) is 55.1. The maximum Gasteiger partial charge on any atom is 0.412 e. The number of nitrogens with two attached hydrogens (primary N) is 1. The first-order valence-corrected chi connectivity index (χ1v) is 14.1. The second-order valence-corrected chi connectivity index (χ2v) is 10.7. The Morgan fingerprint density at radius 2 is 1.74 bits per heavy atom. The van der Waals surface area contributed by atoms with Crippen LogP contribution in [-0.4, -0.2) is 97.2 Å². The number of thiazole rings is 1. The summed E-state index contributed by atoms with van der Waals surface area (Å²) < 4.78 is 10.3. The summed E-state index contributed by atoms with van der Waals surface area (Å²) in [6, 6.07) is 15.4. The first-order chi connectivity index (χ1) is 20.5. The largest absolute Gasteiger partial charge is 0.479 e. The lowest BCUT2D eigenvalue weighted by atomic mass is 9.99. The van der Waals surface area contributed by atoms with Gasteiger partial charge in [0.2, 0.25) is 12.2 Å². The number of carboxylic acids is 1. The monoisotopic (exact) mass is 616 g/mol. The molecule has 4 rings (SSSR count). The number of benzene rings is 2. The van der Waals surface area contributed by atoms with Gasteiger partial charge in [0.1, 0.15) is 18.3 Å². The molecule has 1 aliphatic heterocycles. The minimum Gasteiger partial charge on any atom is -0.479 e. The van der Waals surface area contributed by atoms with Crippen LogP contribution in [0.3, 0.4) is 0 Å². The maximum atomic E-state index is 13.2. The topological polar surface area (TPSA) is 225 Å². The summed E-state index contributed by atoms with van der Waals surface area (Å²) >= 11 is 1.25. The molecule has 0 saturated carbocycles. The average Bonchev–Trinajstić information content (AvgIpc) is 3.40. The molecule has 230 valence electrons. The van der Waals surface area contributed by atoms with Gasteiger partial charge in [-0.15, -0.1) is 11.3 Å². The summed E-state index contributed by atoms with van der Waals surface area (Å²) in [6.45, 7) is -0.204. The highest BCUT2D eigenvalue weighted by molar-refractivity contribution is 7.13. The Labute approximate surface area is 249 Å². The van der Waals surface area contributed by atoms with Gasteiger partial charge in [0.25, 0.3) is 0 Å². The van der Waals surface area contributed by atoms with Crippen molar-refractivity contribution in [3.05, 3.63) is 76.8 Å². The van der Waals surface area contributed by atoms with Gasteiger partial charge in [-0.1, -0.05) is 42.5 Å². The van der Waals surface area contributed by atoms with Crippen LogP contribution in [0.5, 0.6) is 0 Å². The van der Waals surface area contributed by atoms with E-state index in [2.05, 4.69) is 10.3 Å². The zero-order valence-corrected chi connectivity index (χ0v) is 23.5. The zero-order valence-electron chi connectivity index (χ0n) is 22.7. The van der Waals surface area contributed by atoms with Gasteiger partial charge in [0.05, 0.1) is 24.8 Å². The number of aliphatic hydroxyl groups is 4. The number of nitrogen functional groups attached to an aromatic ring is 1. The van der Waals surface area contributed by atoms with Gasteiger partial charge in [-0.05, 0) is 29.7 Å². The van der Waals surface area contributed by atoms with E-state index in [0.29, 0.717) is 22.1 Å². The van der Waals surface area contributed by atoms with E-state index in [1.807, 2.05) is 0 Å². The van der Waals surface area contributed by atoms with Crippen molar-refractivity contribution in [3.8, 4) is 0 Å². The lowest BCUT2D eigenvalue weighted by Gasteiger charge is -2.38. The number of nitrogens with zero attached hydrogens (tertiary/aromatic N) is 2. The zero-order chi connectivity index (χ0) is 31.1. The standard InChI is InChI=1S/C28H32N4O10S/c29-27-31-18(14-43-27)12-20(34)30-17-8-6-15(7-9-17)10-11-32(13-19(33)16-4-2-1-3-5-16)28(40)42-26-23(37)21(35)22(36)24(41-26)25(38)39/h1-9,14,19,21-24,26,33,35-37H,10-13H2,(H2,29,31)(H,30,34)(H,38,39). The lowest BCUT2D eigenvalue weighted by molar-refractivity contribution is -0.280. The van der Waals surface area contributed by atoms with E-state index in [-0.39, 0.29) is 31.8 Å². The minimum atomic E-state index is -1.95. The molecule has 15 heteroatoms. The number of aliphatic hydroxyl groups excluding tert-OH is 4. The third-order valence-electron chi connectivity index (χ3n) is 6.69. The predicted octanol–water partition coefficient (Wildman–Crippen LogP) is 0.513. The quantitative estimate of drug-likeness (QED) is 0.156. The van der Waals surface area contributed by atoms with Crippen molar-refractivity contribution in [1.82, 2.24) is 9.88 Å².